The van der Waals surface area contributed by atoms with E-state index in [1.165, 1.54) is 5.56 Å². The molecule has 0 aliphatic carbocycles. The molecule has 19 heavy (non-hydrogen) atoms. The zero-order valence-electron chi connectivity index (χ0n) is 11.2. The molecule has 0 spiro atoms. The Morgan fingerprint density at radius 3 is 2.68 bits per heavy atom. The minimum absolute atomic E-state index is 0.273. The normalized spacial score (nSPS) is 10.4. The average molecular weight is 259 g/mol. The maximum Gasteiger partial charge on any atom is 0.376 e. The second kappa shape index (κ2) is 6.13. The molecule has 0 unspecified atom stereocenters. The summed E-state index contributed by atoms with van der Waals surface area (Å²) in [7, 11) is 0. The summed E-state index contributed by atoms with van der Waals surface area (Å²) in [5.41, 5.74) is 1.21. The molecular weight excluding hydrogens is 242 g/mol. The summed E-state index contributed by atoms with van der Waals surface area (Å²) in [5, 5.41) is 7.83. The summed E-state index contributed by atoms with van der Waals surface area (Å²) in [5.74, 6) is 0.574. The molecule has 0 atom stereocenters. The molecule has 0 bridgehead atoms. The lowest BCUT2D eigenvalue weighted by molar-refractivity contribution is 0.0505. The van der Waals surface area contributed by atoms with Crippen LogP contribution in [-0.2, 0) is 17.7 Å². The van der Waals surface area contributed by atoms with Gasteiger partial charge in [-0.3, -0.25) is 0 Å². The Morgan fingerprint density at radius 2 is 2.00 bits per heavy atom. The number of ether oxygens (including phenoxy) is 1. The van der Waals surface area contributed by atoms with Crippen molar-refractivity contribution >= 4 is 5.97 Å². The van der Waals surface area contributed by atoms with E-state index in [4.69, 9.17) is 4.74 Å². The molecule has 5 nitrogen and oxygen atoms in total. The van der Waals surface area contributed by atoms with Crippen LogP contribution in [0.3, 0.4) is 0 Å². The molecule has 0 aliphatic rings. The van der Waals surface area contributed by atoms with Crippen LogP contribution >= 0.6 is 0 Å². The van der Waals surface area contributed by atoms with Gasteiger partial charge in [-0.15, -0.1) is 10.2 Å². The monoisotopic (exact) mass is 259 g/mol. The summed E-state index contributed by atoms with van der Waals surface area (Å²) in [4.78, 5) is 11.7. The second-order valence-corrected chi connectivity index (χ2v) is 4.18. The molecule has 2 rings (SSSR count). The standard InChI is InChI=1S/C14H17N3O2/c1-3-19-14(18)13-16-15-11(2)17(13)10-9-12-7-5-4-6-8-12/h4-8H,3,9-10H2,1-2H3. The number of rotatable bonds is 5. The fourth-order valence-corrected chi connectivity index (χ4v) is 1.88. The third-order valence-corrected chi connectivity index (χ3v) is 2.86. The van der Waals surface area contributed by atoms with Gasteiger partial charge in [-0.25, -0.2) is 4.79 Å². The average Bonchev–Trinajstić information content (AvgIpc) is 2.79. The molecular formula is C14H17N3O2. The minimum Gasteiger partial charge on any atom is -0.460 e. The first-order chi connectivity index (χ1) is 9.22. The Hall–Kier alpha value is -2.17. The van der Waals surface area contributed by atoms with E-state index in [2.05, 4.69) is 22.3 Å². The predicted molar refractivity (Wildman–Crippen MR) is 70.9 cm³/mol. The molecule has 2 aromatic rings. The molecule has 0 saturated heterocycles. The largest absolute Gasteiger partial charge is 0.460 e. The van der Waals surface area contributed by atoms with Crippen LogP contribution in [0.15, 0.2) is 30.3 Å². The van der Waals surface area contributed by atoms with Gasteiger partial charge in [0, 0.05) is 6.54 Å². The lowest BCUT2D eigenvalue weighted by Gasteiger charge is -2.08. The van der Waals surface area contributed by atoms with Crippen molar-refractivity contribution in [3.8, 4) is 0 Å². The third kappa shape index (κ3) is 3.19. The van der Waals surface area contributed by atoms with Crippen LogP contribution in [-0.4, -0.2) is 27.3 Å². The van der Waals surface area contributed by atoms with Crippen molar-refractivity contribution in [1.82, 2.24) is 14.8 Å². The molecule has 0 amide bonds. The summed E-state index contributed by atoms with van der Waals surface area (Å²) >= 11 is 0. The van der Waals surface area contributed by atoms with E-state index in [1.807, 2.05) is 25.1 Å². The zero-order valence-corrected chi connectivity index (χ0v) is 11.2. The van der Waals surface area contributed by atoms with Gasteiger partial charge < -0.3 is 9.30 Å². The SMILES string of the molecule is CCOC(=O)c1nnc(C)n1CCc1ccccc1. The van der Waals surface area contributed by atoms with E-state index >= 15 is 0 Å². The van der Waals surface area contributed by atoms with Crippen molar-refractivity contribution in [2.75, 3.05) is 6.61 Å². The van der Waals surface area contributed by atoms with Crippen molar-refractivity contribution in [2.24, 2.45) is 0 Å². The molecule has 100 valence electrons. The van der Waals surface area contributed by atoms with E-state index < -0.39 is 5.97 Å². The number of esters is 1. The van der Waals surface area contributed by atoms with Crippen LogP contribution < -0.4 is 0 Å². The fourth-order valence-electron chi connectivity index (χ4n) is 1.88. The Labute approximate surface area is 112 Å². The number of hydrogen-bond acceptors (Lipinski definition) is 4. The topological polar surface area (TPSA) is 57.0 Å². The van der Waals surface area contributed by atoms with Crippen molar-refractivity contribution in [3.63, 3.8) is 0 Å². The van der Waals surface area contributed by atoms with E-state index in [0.29, 0.717) is 13.2 Å². The third-order valence-electron chi connectivity index (χ3n) is 2.86. The molecule has 1 heterocycles. The van der Waals surface area contributed by atoms with Gasteiger partial charge in [0.15, 0.2) is 0 Å². The van der Waals surface area contributed by atoms with Crippen LogP contribution in [0.5, 0.6) is 0 Å². The molecule has 5 heteroatoms. The zero-order chi connectivity index (χ0) is 13.7. The maximum absolute atomic E-state index is 11.7. The van der Waals surface area contributed by atoms with E-state index in [0.717, 1.165) is 12.2 Å². The van der Waals surface area contributed by atoms with Crippen LogP contribution in [0.1, 0.15) is 28.9 Å². The van der Waals surface area contributed by atoms with Gasteiger partial charge in [-0.2, -0.15) is 0 Å². The fraction of sp³-hybridized carbons (Fsp3) is 0.357. The highest BCUT2D eigenvalue weighted by molar-refractivity contribution is 5.85. The van der Waals surface area contributed by atoms with Crippen LogP contribution in [0, 0.1) is 6.92 Å². The number of aromatic nitrogens is 3. The number of carbonyl (C=O) groups excluding carboxylic acids is 1. The van der Waals surface area contributed by atoms with Gasteiger partial charge in [0.2, 0.25) is 5.82 Å². The van der Waals surface area contributed by atoms with Crippen LogP contribution in [0.2, 0.25) is 0 Å². The quantitative estimate of drug-likeness (QED) is 0.771. The Bertz CT molecular complexity index is 549. The minimum atomic E-state index is -0.420. The molecule has 1 aromatic carbocycles. The van der Waals surface area contributed by atoms with Gasteiger partial charge in [-0.1, -0.05) is 30.3 Å². The highest BCUT2D eigenvalue weighted by Crippen LogP contribution is 2.07. The number of aryl methyl sites for hydroxylation is 2. The molecule has 0 aliphatic heterocycles. The number of hydrogen-bond donors (Lipinski definition) is 0. The Balaban J connectivity index is 2.11. The first kappa shape index (κ1) is 13.3. The van der Waals surface area contributed by atoms with E-state index in [-0.39, 0.29) is 5.82 Å². The number of benzene rings is 1. The Kier molecular flexibility index (Phi) is 4.28. The van der Waals surface area contributed by atoms with Crippen molar-refractivity contribution in [2.45, 2.75) is 26.8 Å². The smallest absolute Gasteiger partial charge is 0.376 e. The number of carbonyl (C=O) groups is 1. The molecule has 0 N–H and O–H groups in total. The highest BCUT2D eigenvalue weighted by Gasteiger charge is 2.17. The maximum atomic E-state index is 11.7. The molecule has 0 fully saturated rings. The van der Waals surface area contributed by atoms with Gasteiger partial charge in [0.1, 0.15) is 5.82 Å². The van der Waals surface area contributed by atoms with Gasteiger partial charge in [-0.05, 0) is 25.8 Å². The lowest BCUT2D eigenvalue weighted by atomic mass is 10.1. The van der Waals surface area contributed by atoms with Gasteiger partial charge >= 0.3 is 5.97 Å². The van der Waals surface area contributed by atoms with Gasteiger partial charge in [0.05, 0.1) is 6.61 Å². The second-order valence-electron chi connectivity index (χ2n) is 4.18. The Morgan fingerprint density at radius 1 is 1.26 bits per heavy atom. The molecule has 0 saturated carbocycles. The van der Waals surface area contributed by atoms with Crippen LogP contribution in [0.25, 0.3) is 0 Å². The lowest BCUT2D eigenvalue weighted by Crippen LogP contribution is -2.15. The first-order valence-corrected chi connectivity index (χ1v) is 6.33. The highest BCUT2D eigenvalue weighted by atomic mass is 16.5. The predicted octanol–water partition coefficient (Wildman–Crippen LogP) is 2.01. The number of nitrogens with zero attached hydrogens (tertiary/aromatic N) is 3. The first-order valence-electron chi connectivity index (χ1n) is 6.33. The summed E-state index contributed by atoms with van der Waals surface area (Å²) in [6.07, 6.45) is 0.826. The summed E-state index contributed by atoms with van der Waals surface area (Å²) in [6, 6.07) is 10.1. The van der Waals surface area contributed by atoms with Crippen molar-refractivity contribution < 1.29 is 9.53 Å². The summed E-state index contributed by atoms with van der Waals surface area (Å²) in [6.45, 7) is 4.61. The van der Waals surface area contributed by atoms with Gasteiger partial charge in [0.25, 0.3) is 0 Å². The van der Waals surface area contributed by atoms with E-state index in [1.54, 1.807) is 11.5 Å². The molecule has 1 aromatic heterocycles. The van der Waals surface area contributed by atoms with Crippen molar-refractivity contribution in [3.05, 3.63) is 47.5 Å². The summed E-state index contributed by atoms with van der Waals surface area (Å²) < 4.78 is 6.77. The van der Waals surface area contributed by atoms with Crippen molar-refractivity contribution in [1.29, 1.82) is 0 Å². The van der Waals surface area contributed by atoms with E-state index in [9.17, 15) is 4.79 Å². The van der Waals surface area contributed by atoms with Crippen LogP contribution in [0.4, 0.5) is 0 Å². The molecule has 0 radical (unpaired) electrons.